The van der Waals surface area contributed by atoms with Gasteiger partial charge >= 0.3 is 12.1 Å². The van der Waals surface area contributed by atoms with Crippen molar-refractivity contribution in [3.05, 3.63) is 0 Å². The molecule has 10 heteroatoms. The van der Waals surface area contributed by atoms with Crippen molar-refractivity contribution in [2.24, 2.45) is 11.8 Å². The van der Waals surface area contributed by atoms with E-state index in [-0.39, 0.29) is 18.7 Å². The fourth-order valence-electron chi connectivity index (χ4n) is 2.93. The van der Waals surface area contributed by atoms with Crippen LogP contribution in [0.1, 0.15) is 12.8 Å². The van der Waals surface area contributed by atoms with E-state index in [0.717, 1.165) is 4.90 Å². The predicted molar refractivity (Wildman–Crippen MR) is 73.9 cm³/mol. The molecule has 0 aromatic heterocycles. The molecule has 0 radical (unpaired) electrons. The third-order valence-corrected chi connectivity index (χ3v) is 4.33. The Balaban J connectivity index is 1.88. The number of ether oxygens (including phenoxy) is 1. The normalized spacial score (nSPS) is 25.0. The van der Waals surface area contributed by atoms with Crippen LogP contribution < -0.4 is 0 Å². The third-order valence-electron chi connectivity index (χ3n) is 4.33. The molecule has 0 aromatic rings. The second kappa shape index (κ2) is 7.37. The molecule has 136 valence electrons. The van der Waals surface area contributed by atoms with Crippen LogP contribution in [-0.4, -0.2) is 78.3 Å². The van der Waals surface area contributed by atoms with E-state index in [1.807, 2.05) is 0 Å². The first-order chi connectivity index (χ1) is 11.2. The summed E-state index contributed by atoms with van der Waals surface area (Å²) in [5.74, 6) is -6.20. The van der Waals surface area contributed by atoms with Gasteiger partial charge in [-0.05, 0) is 0 Å². The second-order valence-corrected chi connectivity index (χ2v) is 5.88. The first-order valence-electron chi connectivity index (χ1n) is 7.63. The lowest BCUT2D eigenvalue weighted by atomic mass is 9.96. The monoisotopic (exact) mass is 352 g/mol. The van der Waals surface area contributed by atoms with Gasteiger partial charge in [0.15, 0.2) is 0 Å². The minimum atomic E-state index is -4.68. The maximum absolute atomic E-state index is 12.9. The smallest absolute Gasteiger partial charge is 0.394 e. The van der Waals surface area contributed by atoms with Gasteiger partial charge in [-0.25, -0.2) is 0 Å². The van der Waals surface area contributed by atoms with Gasteiger partial charge in [0.25, 0.3) is 0 Å². The fourth-order valence-corrected chi connectivity index (χ4v) is 2.93. The van der Waals surface area contributed by atoms with Crippen molar-refractivity contribution in [1.82, 2.24) is 9.80 Å². The highest BCUT2D eigenvalue weighted by Gasteiger charge is 2.53. The summed E-state index contributed by atoms with van der Waals surface area (Å²) >= 11 is 0. The summed E-state index contributed by atoms with van der Waals surface area (Å²) in [6.07, 6.45) is -5.02. The summed E-state index contributed by atoms with van der Waals surface area (Å²) < 4.78 is 43.8. The zero-order chi connectivity index (χ0) is 17.9. The molecule has 2 saturated heterocycles. The number of aliphatic carboxylic acids is 1. The molecule has 1 N–H and O–H groups in total. The number of rotatable bonds is 4. The highest BCUT2D eigenvalue weighted by molar-refractivity contribution is 5.84. The van der Waals surface area contributed by atoms with E-state index in [0.29, 0.717) is 26.3 Å². The van der Waals surface area contributed by atoms with E-state index in [9.17, 15) is 27.6 Å². The van der Waals surface area contributed by atoms with Crippen molar-refractivity contribution >= 4 is 17.8 Å². The number of carbonyl (C=O) groups is 3. The Hall–Kier alpha value is -1.84. The lowest BCUT2D eigenvalue weighted by molar-refractivity contribution is -0.188. The van der Waals surface area contributed by atoms with Crippen molar-refractivity contribution in [3.8, 4) is 0 Å². The number of morpholine rings is 1. The van der Waals surface area contributed by atoms with Crippen LogP contribution in [0.3, 0.4) is 0 Å². The number of carbonyl (C=O) groups excluding carboxylic acids is 2. The van der Waals surface area contributed by atoms with Crippen LogP contribution in [0.5, 0.6) is 0 Å². The van der Waals surface area contributed by atoms with Gasteiger partial charge in [-0.1, -0.05) is 0 Å². The number of hydrogen-bond acceptors (Lipinski definition) is 4. The molecular weight excluding hydrogens is 333 g/mol. The van der Waals surface area contributed by atoms with Crippen molar-refractivity contribution in [1.29, 1.82) is 0 Å². The summed E-state index contributed by atoms with van der Waals surface area (Å²) in [4.78, 5) is 37.4. The van der Waals surface area contributed by atoms with Crippen LogP contribution in [0, 0.1) is 11.8 Å². The summed E-state index contributed by atoms with van der Waals surface area (Å²) in [6.45, 7) is 0.524. The number of carboxylic acids is 1. The average Bonchev–Trinajstić information content (AvgIpc) is 2.99. The standard InChI is InChI=1S/C14H19F3N2O5/c15-14(16,17)10-8-19(7-9(10)13(22)23)12(21)2-1-11(20)18-3-5-24-6-4-18/h9-10H,1-8H2,(H,22,23)/t9-,10-/m1/s1. The lowest BCUT2D eigenvalue weighted by Crippen LogP contribution is -2.41. The molecular formula is C14H19F3N2O5. The van der Waals surface area contributed by atoms with E-state index in [1.54, 1.807) is 4.90 Å². The molecule has 0 aliphatic carbocycles. The van der Waals surface area contributed by atoms with Crippen LogP contribution in [0.25, 0.3) is 0 Å². The molecule has 2 rings (SSSR count). The van der Waals surface area contributed by atoms with Gasteiger partial charge in [0, 0.05) is 39.0 Å². The average molecular weight is 352 g/mol. The highest BCUT2D eigenvalue weighted by atomic mass is 19.4. The lowest BCUT2D eigenvalue weighted by Gasteiger charge is -2.27. The Morgan fingerprint density at radius 1 is 1.00 bits per heavy atom. The van der Waals surface area contributed by atoms with E-state index >= 15 is 0 Å². The van der Waals surface area contributed by atoms with Gasteiger partial charge in [-0.2, -0.15) is 13.2 Å². The first kappa shape index (κ1) is 18.5. The summed E-state index contributed by atoms with van der Waals surface area (Å²) in [7, 11) is 0. The number of halogens is 3. The van der Waals surface area contributed by atoms with E-state index in [4.69, 9.17) is 9.84 Å². The summed E-state index contributed by atoms with van der Waals surface area (Å²) in [5, 5.41) is 8.92. The Morgan fingerprint density at radius 2 is 1.54 bits per heavy atom. The van der Waals surface area contributed by atoms with Gasteiger partial charge in [0.2, 0.25) is 11.8 Å². The second-order valence-electron chi connectivity index (χ2n) is 5.88. The summed E-state index contributed by atoms with van der Waals surface area (Å²) in [5.41, 5.74) is 0. The molecule has 2 atom stereocenters. The molecule has 0 spiro atoms. The van der Waals surface area contributed by atoms with Gasteiger partial charge in [0.1, 0.15) is 0 Å². The number of likely N-dealkylation sites (tertiary alicyclic amines) is 1. The quantitative estimate of drug-likeness (QED) is 0.789. The van der Waals surface area contributed by atoms with E-state index in [1.165, 1.54) is 0 Å². The largest absolute Gasteiger partial charge is 0.481 e. The molecule has 24 heavy (non-hydrogen) atoms. The predicted octanol–water partition coefficient (Wildman–Crippen LogP) is 0.347. The number of alkyl halides is 3. The number of carboxylic acid groups (broad SMARTS) is 1. The zero-order valence-electron chi connectivity index (χ0n) is 12.9. The zero-order valence-corrected chi connectivity index (χ0v) is 12.9. The van der Waals surface area contributed by atoms with Crippen molar-refractivity contribution < 1.29 is 37.4 Å². The van der Waals surface area contributed by atoms with Crippen LogP contribution in [-0.2, 0) is 19.1 Å². The topological polar surface area (TPSA) is 87.2 Å². The van der Waals surface area contributed by atoms with Crippen LogP contribution >= 0.6 is 0 Å². The maximum atomic E-state index is 12.9. The van der Waals surface area contributed by atoms with Crippen LogP contribution in [0.4, 0.5) is 13.2 Å². The SMILES string of the molecule is O=C(O)[C@@H]1CN(C(=O)CCC(=O)N2CCOCC2)C[C@H]1C(F)(F)F. The maximum Gasteiger partial charge on any atom is 0.394 e. The molecule has 2 aliphatic rings. The Kier molecular flexibility index (Phi) is 5.68. The molecule has 0 saturated carbocycles. The molecule has 2 aliphatic heterocycles. The third kappa shape index (κ3) is 4.37. The van der Waals surface area contributed by atoms with Gasteiger partial charge in [-0.15, -0.1) is 0 Å². The van der Waals surface area contributed by atoms with Crippen molar-refractivity contribution in [2.75, 3.05) is 39.4 Å². The van der Waals surface area contributed by atoms with Crippen molar-refractivity contribution in [3.63, 3.8) is 0 Å². The molecule has 0 bridgehead atoms. The number of amides is 2. The molecule has 2 fully saturated rings. The van der Waals surface area contributed by atoms with Gasteiger partial charge in [-0.3, -0.25) is 14.4 Å². The molecule has 0 unspecified atom stereocenters. The van der Waals surface area contributed by atoms with E-state index in [2.05, 4.69) is 0 Å². The van der Waals surface area contributed by atoms with Crippen LogP contribution in [0.15, 0.2) is 0 Å². The van der Waals surface area contributed by atoms with Gasteiger partial charge < -0.3 is 19.6 Å². The molecule has 2 heterocycles. The minimum absolute atomic E-state index is 0.107. The number of hydrogen-bond donors (Lipinski definition) is 1. The fraction of sp³-hybridized carbons (Fsp3) is 0.786. The first-order valence-corrected chi connectivity index (χ1v) is 7.63. The number of nitrogens with zero attached hydrogens (tertiary/aromatic N) is 2. The molecule has 0 aromatic carbocycles. The minimum Gasteiger partial charge on any atom is -0.481 e. The van der Waals surface area contributed by atoms with E-state index < -0.39 is 43.0 Å². The molecule has 2 amide bonds. The Bertz CT molecular complexity index is 505. The Morgan fingerprint density at radius 3 is 2.00 bits per heavy atom. The molecule has 7 nitrogen and oxygen atoms in total. The van der Waals surface area contributed by atoms with Gasteiger partial charge in [0.05, 0.1) is 25.0 Å². The highest BCUT2D eigenvalue weighted by Crippen LogP contribution is 2.37. The van der Waals surface area contributed by atoms with Crippen molar-refractivity contribution in [2.45, 2.75) is 19.0 Å². The Labute approximate surface area is 136 Å². The summed E-state index contributed by atoms with van der Waals surface area (Å²) in [6, 6.07) is 0. The van der Waals surface area contributed by atoms with Crippen LogP contribution in [0.2, 0.25) is 0 Å².